The smallest absolute Gasteiger partial charge is 0.330 e. The molecule has 0 aliphatic heterocycles. The van der Waals surface area contributed by atoms with Crippen molar-refractivity contribution in [2.75, 3.05) is 0 Å². The first-order chi connectivity index (χ1) is 10.1. The van der Waals surface area contributed by atoms with Crippen LogP contribution in [0, 0.1) is 3.57 Å². The molecule has 0 unspecified atom stereocenters. The fourth-order valence-electron chi connectivity index (χ4n) is 2.22. The first kappa shape index (κ1) is 14.1. The van der Waals surface area contributed by atoms with Gasteiger partial charge in [0.1, 0.15) is 11.3 Å². The predicted molar refractivity (Wildman–Crippen MR) is 89.4 cm³/mol. The van der Waals surface area contributed by atoms with Gasteiger partial charge in [0.05, 0.1) is 0 Å². The summed E-state index contributed by atoms with van der Waals surface area (Å²) in [6.07, 6.45) is 0.784. The van der Waals surface area contributed by atoms with Crippen molar-refractivity contribution < 1.29 is 0 Å². The molecular weight excluding hydrogens is 383 g/mol. The van der Waals surface area contributed by atoms with Crippen LogP contribution in [0.3, 0.4) is 0 Å². The highest BCUT2D eigenvalue weighted by Crippen LogP contribution is 2.19. The minimum Gasteiger partial charge on any atom is -0.332 e. The quantitative estimate of drug-likeness (QED) is 0.666. The summed E-state index contributed by atoms with van der Waals surface area (Å²) in [5.41, 5.74) is 0.749. The van der Waals surface area contributed by atoms with Crippen LogP contribution in [0.15, 0.2) is 33.9 Å². The highest BCUT2D eigenvalue weighted by atomic mass is 127. The van der Waals surface area contributed by atoms with Crippen LogP contribution in [0.1, 0.15) is 13.3 Å². The zero-order chi connectivity index (χ0) is 15.0. The van der Waals surface area contributed by atoms with Gasteiger partial charge in [-0.2, -0.15) is 0 Å². The number of imidazole rings is 1. The first-order valence-corrected chi connectivity index (χ1v) is 7.67. The lowest BCUT2D eigenvalue weighted by atomic mass is 10.2. The lowest BCUT2D eigenvalue weighted by Gasteiger charge is -2.02. The minimum atomic E-state index is -0.438. The SMILES string of the molecule is CCCn1c(=O)[nH]c(=O)c2[nH]c(-c3ccc(I)cc3)nc21. The fourth-order valence-corrected chi connectivity index (χ4v) is 2.58. The number of aryl methyl sites for hydroxylation is 1. The van der Waals surface area contributed by atoms with Crippen molar-refractivity contribution in [2.45, 2.75) is 19.9 Å². The Morgan fingerprint density at radius 2 is 1.90 bits per heavy atom. The molecule has 21 heavy (non-hydrogen) atoms. The zero-order valence-corrected chi connectivity index (χ0v) is 13.5. The molecule has 0 aliphatic carbocycles. The van der Waals surface area contributed by atoms with Gasteiger partial charge in [-0.05, 0) is 41.1 Å². The molecule has 2 heterocycles. The molecule has 0 atom stereocenters. The number of hydrogen-bond donors (Lipinski definition) is 2. The highest BCUT2D eigenvalue weighted by Gasteiger charge is 2.13. The van der Waals surface area contributed by atoms with Crippen LogP contribution in [0.25, 0.3) is 22.6 Å². The van der Waals surface area contributed by atoms with E-state index in [2.05, 4.69) is 37.5 Å². The van der Waals surface area contributed by atoms with Gasteiger partial charge in [0.2, 0.25) is 0 Å². The van der Waals surface area contributed by atoms with Crippen LogP contribution in [-0.4, -0.2) is 19.5 Å². The molecule has 0 saturated heterocycles. The molecule has 0 spiro atoms. The van der Waals surface area contributed by atoms with E-state index in [-0.39, 0.29) is 0 Å². The molecule has 1 aromatic carbocycles. The first-order valence-electron chi connectivity index (χ1n) is 6.59. The van der Waals surface area contributed by atoms with Crippen molar-refractivity contribution in [1.82, 2.24) is 19.5 Å². The number of benzene rings is 1. The van der Waals surface area contributed by atoms with Crippen molar-refractivity contribution in [3.63, 3.8) is 0 Å². The molecule has 2 N–H and O–H groups in total. The summed E-state index contributed by atoms with van der Waals surface area (Å²) in [5.74, 6) is 0.586. The molecule has 0 amide bonds. The third kappa shape index (κ3) is 2.53. The van der Waals surface area contributed by atoms with E-state index < -0.39 is 11.2 Å². The van der Waals surface area contributed by atoms with Gasteiger partial charge in [-0.15, -0.1) is 0 Å². The zero-order valence-electron chi connectivity index (χ0n) is 11.3. The number of nitrogens with zero attached hydrogens (tertiary/aromatic N) is 2. The lowest BCUT2D eigenvalue weighted by molar-refractivity contribution is 0.653. The van der Waals surface area contributed by atoms with Crippen molar-refractivity contribution in [1.29, 1.82) is 0 Å². The summed E-state index contributed by atoms with van der Waals surface area (Å²) < 4.78 is 2.61. The Morgan fingerprint density at radius 1 is 1.19 bits per heavy atom. The fraction of sp³-hybridized carbons (Fsp3) is 0.214. The molecule has 0 aliphatic rings. The van der Waals surface area contributed by atoms with E-state index in [0.29, 0.717) is 23.5 Å². The molecule has 0 saturated carbocycles. The van der Waals surface area contributed by atoms with Gasteiger partial charge >= 0.3 is 5.69 Å². The van der Waals surface area contributed by atoms with E-state index in [9.17, 15) is 9.59 Å². The van der Waals surface area contributed by atoms with Crippen LogP contribution in [-0.2, 0) is 6.54 Å². The molecule has 2 aromatic heterocycles. The molecule has 6 nitrogen and oxygen atoms in total. The summed E-state index contributed by atoms with van der Waals surface area (Å²) in [6.45, 7) is 2.49. The number of aromatic amines is 2. The normalized spacial score (nSPS) is 11.1. The summed E-state index contributed by atoms with van der Waals surface area (Å²) in [4.78, 5) is 33.6. The molecular formula is C14H13IN4O2. The monoisotopic (exact) mass is 396 g/mol. The summed E-state index contributed by atoms with van der Waals surface area (Å²) >= 11 is 2.23. The topological polar surface area (TPSA) is 83.5 Å². The predicted octanol–water partition coefficient (Wildman–Crippen LogP) is 2.09. The average Bonchev–Trinajstić information content (AvgIpc) is 2.90. The van der Waals surface area contributed by atoms with E-state index in [1.165, 1.54) is 4.57 Å². The number of nitrogens with one attached hydrogen (secondary N) is 2. The summed E-state index contributed by atoms with van der Waals surface area (Å²) in [6, 6.07) is 7.78. The van der Waals surface area contributed by atoms with Crippen molar-refractivity contribution in [2.24, 2.45) is 0 Å². The van der Waals surface area contributed by atoms with Gasteiger partial charge in [-0.1, -0.05) is 19.1 Å². The second-order valence-electron chi connectivity index (χ2n) is 4.70. The van der Waals surface area contributed by atoms with Crippen LogP contribution >= 0.6 is 22.6 Å². The maximum absolute atomic E-state index is 11.9. The van der Waals surface area contributed by atoms with Gasteiger partial charge in [-0.3, -0.25) is 14.3 Å². The number of fused-ring (bicyclic) bond motifs is 1. The van der Waals surface area contributed by atoms with Crippen LogP contribution in [0.4, 0.5) is 0 Å². The standard InChI is InChI=1S/C14H13IN4O2/c1-2-7-19-12-10(13(20)18-14(19)21)16-11(17-12)8-3-5-9(15)6-4-8/h3-6H,2,7H2,1H3,(H,16,17)(H,18,20,21). The average molecular weight is 396 g/mol. The Morgan fingerprint density at radius 3 is 2.57 bits per heavy atom. The Balaban J connectivity index is 2.26. The second-order valence-corrected chi connectivity index (χ2v) is 5.95. The van der Waals surface area contributed by atoms with E-state index >= 15 is 0 Å². The number of halogens is 1. The Hall–Kier alpha value is -1.90. The molecule has 0 radical (unpaired) electrons. The Labute approximate surface area is 133 Å². The largest absolute Gasteiger partial charge is 0.332 e. The highest BCUT2D eigenvalue weighted by molar-refractivity contribution is 14.1. The molecule has 0 fully saturated rings. The number of hydrogen-bond acceptors (Lipinski definition) is 3. The molecule has 7 heteroatoms. The van der Waals surface area contributed by atoms with Crippen LogP contribution < -0.4 is 11.2 Å². The van der Waals surface area contributed by atoms with Gasteiger partial charge < -0.3 is 4.98 Å². The lowest BCUT2D eigenvalue weighted by Crippen LogP contribution is -2.30. The van der Waals surface area contributed by atoms with E-state index in [1.54, 1.807) is 0 Å². The number of H-pyrrole nitrogens is 2. The number of aromatic nitrogens is 4. The molecule has 3 aromatic rings. The van der Waals surface area contributed by atoms with Crippen LogP contribution in [0.2, 0.25) is 0 Å². The van der Waals surface area contributed by atoms with E-state index in [4.69, 9.17) is 0 Å². The van der Waals surface area contributed by atoms with Crippen molar-refractivity contribution in [3.8, 4) is 11.4 Å². The Kier molecular flexibility index (Phi) is 3.66. The van der Waals surface area contributed by atoms with Gasteiger partial charge in [0.25, 0.3) is 5.56 Å². The summed E-state index contributed by atoms with van der Waals surface area (Å²) in [5, 5.41) is 0. The minimum absolute atomic E-state index is 0.330. The molecule has 0 bridgehead atoms. The summed E-state index contributed by atoms with van der Waals surface area (Å²) in [7, 11) is 0. The van der Waals surface area contributed by atoms with E-state index in [0.717, 1.165) is 15.6 Å². The van der Waals surface area contributed by atoms with Crippen molar-refractivity contribution in [3.05, 3.63) is 48.7 Å². The van der Waals surface area contributed by atoms with Gasteiger partial charge in [0.15, 0.2) is 5.65 Å². The second kappa shape index (κ2) is 5.47. The number of rotatable bonds is 3. The maximum atomic E-state index is 11.9. The third-order valence-corrected chi connectivity index (χ3v) is 3.92. The molecule has 108 valence electrons. The maximum Gasteiger partial charge on any atom is 0.330 e. The van der Waals surface area contributed by atoms with Crippen molar-refractivity contribution >= 4 is 33.8 Å². The third-order valence-electron chi connectivity index (χ3n) is 3.20. The van der Waals surface area contributed by atoms with Gasteiger partial charge in [0, 0.05) is 15.7 Å². The van der Waals surface area contributed by atoms with E-state index in [1.807, 2.05) is 31.2 Å². The van der Waals surface area contributed by atoms with Crippen LogP contribution in [0.5, 0.6) is 0 Å². The molecule has 3 rings (SSSR count). The van der Waals surface area contributed by atoms with Gasteiger partial charge in [-0.25, -0.2) is 9.78 Å². The Bertz CT molecular complexity index is 905.